The van der Waals surface area contributed by atoms with Crippen LogP contribution in [0.15, 0.2) is 48.5 Å². The monoisotopic (exact) mass is 451 g/mol. The maximum absolute atomic E-state index is 12.9. The number of amides is 4. The van der Waals surface area contributed by atoms with Crippen molar-refractivity contribution in [2.24, 2.45) is 0 Å². The molecule has 2 aliphatic heterocycles. The second kappa shape index (κ2) is 9.11. The summed E-state index contributed by atoms with van der Waals surface area (Å²) >= 11 is 0. The standard InChI is InChI=1S/C23H21N3O7/c27-18-10-9-16(21(29)25-18)26-11-15-14(22(26)30)7-4-8-17(15)33-12-19(28)24-20(23(31)32)13-5-2-1-3-6-13/h1-8,16,20H,9-12H2,(H,24,28)(H,31,32)(H,25,27,29)/t16?,20-/m0/s1. The summed E-state index contributed by atoms with van der Waals surface area (Å²) in [5, 5.41) is 14.1. The van der Waals surface area contributed by atoms with Crippen LogP contribution in [-0.4, -0.2) is 52.3 Å². The maximum Gasteiger partial charge on any atom is 0.330 e. The van der Waals surface area contributed by atoms with Gasteiger partial charge in [0.1, 0.15) is 11.8 Å². The lowest BCUT2D eigenvalue weighted by atomic mass is 10.0. The molecule has 0 saturated carbocycles. The number of ether oxygens (including phenoxy) is 1. The second-order valence-electron chi connectivity index (χ2n) is 7.72. The minimum absolute atomic E-state index is 0.0972. The summed E-state index contributed by atoms with van der Waals surface area (Å²) in [5.74, 6) is -2.81. The zero-order chi connectivity index (χ0) is 23.5. The van der Waals surface area contributed by atoms with Gasteiger partial charge in [0.05, 0.1) is 6.54 Å². The molecule has 2 aromatic carbocycles. The Morgan fingerprint density at radius 3 is 2.58 bits per heavy atom. The summed E-state index contributed by atoms with van der Waals surface area (Å²) in [5.41, 5.74) is 1.30. The quantitative estimate of drug-likeness (QED) is 0.528. The highest BCUT2D eigenvalue weighted by molar-refractivity contribution is 6.05. The predicted octanol–water partition coefficient (Wildman–Crippen LogP) is 0.768. The summed E-state index contributed by atoms with van der Waals surface area (Å²) in [4.78, 5) is 61.8. The molecule has 0 spiro atoms. The van der Waals surface area contributed by atoms with Gasteiger partial charge in [-0.15, -0.1) is 0 Å². The number of imide groups is 1. The van der Waals surface area contributed by atoms with Crippen LogP contribution in [-0.2, 0) is 25.7 Å². The van der Waals surface area contributed by atoms with E-state index in [4.69, 9.17) is 4.74 Å². The van der Waals surface area contributed by atoms with Gasteiger partial charge >= 0.3 is 5.97 Å². The summed E-state index contributed by atoms with van der Waals surface area (Å²) in [6.07, 6.45) is 0.380. The molecule has 33 heavy (non-hydrogen) atoms. The van der Waals surface area contributed by atoms with Crippen molar-refractivity contribution in [3.63, 3.8) is 0 Å². The molecule has 4 rings (SSSR count). The van der Waals surface area contributed by atoms with Crippen molar-refractivity contribution in [3.05, 3.63) is 65.2 Å². The van der Waals surface area contributed by atoms with Gasteiger partial charge in [-0.05, 0) is 24.1 Å². The van der Waals surface area contributed by atoms with Crippen LogP contribution < -0.4 is 15.4 Å². The molecule has 2 aliphatic rings. The van der Waals surface area contributed by atoms with Crippen molar-refractivity contribution in [1.29, 1.82) is 0 Å². The molecule has 3 N–H and O–H groups in total. The molecule has 0 aromatic heterocycles. The van der Waals surface area contributed by atoms with Crippen LogP contribution in [0, 0.1) is 0 Å². The van der Waals surface area contributed by atoms with E-state index in [1.807, 2.05) is 0 Å². The van der Waals surface area contributed by atoms with Crippen molar-refractivity contribution in [1.82, 2.24) is 15.5 Å². The lowest BCUT2D eigenvalue weighted by molar-refractivity contribution is -0.142. The lowest BCUT2D eigenvalue weighted by Crippen LogP contribution is -2.52. The first-order chi connectivity index (χ1) is 15.8. The number of carboxylic acids is 1. The average molecular weight is 451 g/mol. The van der Waals surface area contributed by atoms with Crippen molar-refractivity contribution in [3.8, 4) is 5.75 Å². The Bertz CT molecular complexity index is 1130. The number of nitrogens with one attached hydrogen (secondary N) is 2. The lowest BCUT2D eigenvalue weighted by Gasteiger charge is -2.29. The topological polar surface area (TPSA) is 142 Å². The Morgan fingerprint density at radius 2 is 1.88 bits per heavy atom. The first kappa shape index (κ1) is 22.0. The third-order valence-corrected chi connectivity index (χ3v) is 5.58. The smallest absolute Gasteiger partial charge is 0.330 e. The van der Waals surface area contributed by atoms with Crippen LogP contribution in [0.1, 0.15) is 40.4 Å². The van der Waals surface area contributed by atoms with E-state index in [-0.39, 0.29) is 37.0 Å². The zero-order valence-corrected chi connectivity index (χ0v) is 17.4. The number of nitrogens with zero attached hydrogens (tertiary/aromatic N) is 1. The predicted molar refractivity (Wildman–Crippen MR) is 113 cm³/mol. The summed E-state index contributed by atoms with van der Waals surface area (Å²) in [6, 6.07) is 11.1. The van der Waals surface area contributed by atoms with Crippen LogP contribution in [0.2, 0.25) is 0 Å². The molecule has 1 fully saturated rings. The van der Waals surface area contributed by atoms with Crippen molar-refractivity contribution in [2.75, 3.05) is 6.61 Å². The minimum atomic E-state index is -1.23. The number of rotatable bonds is 7. The number of piperidine rings is 1. The van der Waals surface area contributed by atoms with Gasteiger partial charge in [0.25, 0.3) is 11.8 Å². The highest BCUT2D eigenvalue weighted by atomic mass is 16.5. The summed E-state index contributed by atoms with van der Waals surface area (Å²) < 4.78 is 5.62. The van der Waals surface area contributed by atoms with Gasteiger partial charge in [-0.1, -0.05) is 36.4 Å². The Kier molecular flexibility index (Phi) is 6.07. The SMILES string of the molecule is O=C1CCC(N2Cc3c(OCC(=O)N[C@H](C(=O)O)c4ccccc4)cccc3C2=O)C(=O)N1. The van der Waals surface area contributed by atoms with E-state index in [2.05, 4.69) is 10.6 Å². The number of carboxylic acid groups (broad SMARTS) is 1. The normalized spacial score (nSPS) is 18.4. The summed E-state index contributed by atoms with van der Waals surface area (Å²) in [6.45, 7) is -0.361. The summed E-state index contributed by atoms with van der Waals surface area (Å²) in [7, 11) is 0. The number of fused-ring (bicyclic) bond motifs is 1. The van der Waals surface area contributed by atoms with Crippen LogP contribution >= 0.6 is 0 Å². The highest BCUT2D eigenvalue weighted by Gasteiger charge is 2.40. The molecule has 2 heterocycles. The number of benzene rings is 2. The molecule has 10 heteroatoms. The molecule has 2 atom stereocenters. The Labute approximate surface area is 188 Å². The molecule has 0 radical (unpaired) electrons. The fourth-order valence-corrected chi connectivity index (χ4v) is 3.97. The Balaban J connectivity index is 1.44. The minimum Gasteiger partial charge on any atom is -0.483 e. The molecule has 10 nitrogen and oxygen atoms in total. The van der Waals surface area contributed by atoms with E-state index in [0.29, 0.717) is 16.7 Å². The zero-order valence-electron chi connectivity index (χ0n) is 17.4. The maximum atomic E-state index is 12.9. The van der Waals surface area contributed by atoms with Gasteiger partial charge in [0, 0.05) is 17.5 Å². The van der Waals surface area contributed by atoms with Gasteiger partial charge in [-0.2, -0.15) is 0 Å². The molecule has 2 aromatic rings. The number of aliphatic carboxylic acids is 1. The number of carbonyl (C=O) groups excluding carboxylic acids is 4. The van der Waals surface area contributed by atoms with E-state index in [1.165, 1.54) is 4.90 Å². The number of hydrogen-bond acceptors (Lipinski definition) is 6. The van der Waals surface area contributed by atoms with Crippen molar-refractivity contribution >= 4 is 29.6 Å². The van der Waals surface area contributed by atoms with Crippen LogP contribution in [0.5, 0.6) is 5.75 Å². The average Bonchev–Trinajstić information content (AvgIpc) is 3.13. The molecule has 0 aliphatic carbocycles. The van der Waals surface area contributed by atoms with Gasteiger partial charge in [-0.3, -0.25) is 24.5 Å². The van der Waals surface area contributed by atoms with E-state index < -0.39 is 36.5 Å². The Hall–Kier alpha value is -4.21. The molecule has 0 bridgehead atoms. The van der Waals surface area contributed by atoms with Crippen molar-refractivity contribution in [2.45, 2.75) is 31.5 Å². The van der Waals surface area contributed by atoms with Crippen LogP contribution in [0.4, 0.5) is 0 Å². The Morgan fingerprint density at radius 1 is 1.12 bits per heavy atom. The molecular formula is C23H21N3O7. The molecule has 1 saturated heterocycles. The van der Waals surface area contributed by atoms with E-state index in [0.717, 1.165) is 0 Å². The fourth-order valence-electron chi connectivity index (χ4n) is 3.97. The van der Waals surface area contributed by atoms with Crippen LogP contribution in [0.3, 0.4) is 0 Å². The van der Waals surface area contributed by atoms with E-state index in [1.54, 1.807) is 48.5 Å². The van der Waals surface area contributed by atoms with E-state index >= 15 is 0 Å². The second-order valence-corrected chi connectivity index (χ2v) is 7.72. The van der Waals surface area contributed by atoms with Gasteiger partial charge in [-0.25, -0.2) is 4.79 Å². The molecule has 4 amide bonds. The first-order valence-electron chi connectivity index (χ1n) is 10.3. The molecular weight excluding hydrogens is 430 g/mol. The highest BCUT2D eigenvalue weighted by Crippen LogP contribution is 2.33. The molecule has 170 valence electrons. The van der Waals surface area contributed by atoms with Crippen molar-refractivity contribution < 1.29 is 33.8 Å². The van der Waals surface area contributed by atoms with Gasteiger partial charge in [0.2, 0.25) is 11.8 Å². The fraction of sp³-hybridized carbons (Fsp3) is 0.261. The van der Waals surface area contributed by atoms with E-state index in [9.17, 15) is 29.1 Å². The molecule has 1 unspecified atom stereocenters. The van der Waals surface area contributed by atoms with Gasteiger partial charge in [0.15, 0.2) is 12.6 Å². The van der Waals surface area contributed by atoms with Crippen LogP contribution in [0.25, 0.3) is 0 Å². The number of hydrogen-bond donors (Lipinski definition) is 3. The third-order valence-electron chi connectivity index (χ3n) is 5.58. The first-order valence-corrected chi connectivity index (χ1v) is 10.3. The largest absolute Gasteiger partial charge is 0.483 e. The van der Waals surface area contributed by atoms with Gasteiger partial charge < -0.3 is 20.1 Å². The third kappa shape index (κ3) is 4.54. The number of carbonyl (C=O) groups is 5.